The zero-order valence-corrected chi connectivity index (χ0v) is 14.8. The van der Waals surface area contributed by atoms with Gasteiger partial charge in [-0.2, -0.15) is 0 Å². The summed E-state index contributed by atoms with van der Waals surface area (Å²) in [5.41, 5.74) is 5.45. The molecule has 2 aromatic rings. The molecule has 0 aliphatic heterocycles. The number of amides is 1. The van der Waals surface area contributed by atoms with Crippen LogP contribution >= 0.6 is 0 Å². The van der Waals surface area contributed by atoms with Crippen LogP contribution in [0.2, 0.25) is 0 Å². The zero-order valence-electron chi connectivity index (χ0n) is 14.8. The van der Waals surface area contributed by atoms with Crippen LogP contribution in [-0.2, 0) is 22.7 Å². The summed E-state index contributed by atoms with van der Waals surface area (Å²) in [5, 5.41) is 2.88. The first-order valence-corrected chi connectivity index (χ1v) is 8.03. The van der Waals surface area contributed by atoms with Crippen molar-refractivity contribution in [1.82, 2.24) is 5.32 Å². The van der Waals surface area contributed by atoms with Crippen molar-refractivity contribution in [1.29, 1.82) is 0 Å². The lowest BCUT2D eigenvalue weighted by Gasteiger charge is -2.13. The van der Waals surface area contributed by atoms with E-state index in [9.17, 15) is 4.79 Å². The molecule has 1 N–H and O–H groups in total. The van der Waals surface area contributed by atoms with Crippen molar-refractivity contribution in [3.63, 3.8) is 0 Å². The Morgan fingerprint density at radius 2 is 1.58 bits per heavy atom. The lowest BCUT2D eigenvalue weighted by molar-refractivity contribution is -0.123. The Kier molecular flexibility index (Phi) is 6.38. The molecule has 0 aliphatic carbocycles. The number of hydrogen-bond acceptors (Lipinski definition) is 3. The maximum atomic E-state index is 12.0. The van der Waals surface area contributed by atoms with E-state index in [-0.39, 0.29) is 12.5 Å². The predicted molar refractivity (Wildman–Crippen MR) is 95.1 cm³/mol. The van der Waals surface area contributed by atoms with E-state index in [1.807, 2.05) is 45.0 Å². The highest BCUT2D eigenvalue weighted by Gasteiger charge is 2.08. The van der Waals surface area contributed by atoms with Gasteiger partial charge in [0, 0.05) is 13.7 Å². The Balaban J connectivity index is 1.83. The third-order valence-electron chi connectivity index (χ3n) is 3.78. The number of ether oxygens (including phenoxy) is 2. The molecule has 0 atom stereocenters. The van der Waals surface area contributed by atoms with Gasteiger partial charge >= 0.3 is 0 Å². The summed E-state index contributed by atoms with van der Waals surface area (Å²) in [6.45, 7) is 7.14. The average molecular weight is 327 g/mol. The van der Waals surface area contributed by atoms with Gasteiger partial charge in [0.2, 0.25) is 0 Å². The molecule has 0 radical (unpaired) electrons. The topological polar surface area (TPSA) is 47.6 Å². The average Bonchev–Trinajstić information content (AvgIpc) is 2.53. The number of methoxy groups -OCH3 is 1. The molecule has 0 aromatic heterocycles. The Morgan fingerprint density at radius 3 is 2.17 bits per heavy atom. The second-order valence-corrected chi connectivity index (χ2v) is 6.04. The van der Waals surface area contributed by atoms with Crippen LogP contribution in [0.25, 0.3) is 0 Å². The van der Waals surface area contributed by atoms with Gasteiger partial charge in [-0.25, -0.2) is 0 Å². The molecule has 1 amide bonds. The van der Waals surface area contributed by atoms with E-state index in [0.29, 0.717) is 13.2 Å². The monoisotopic (exact) mass is 327 g/mol. The van der Waals surface area contributed by atoms with Crippen molar-refractivity contribution in [3.8, 4) is 5.75 Å². The molecule has 0 aliphatic rings. The number of carbonyl (C=O) groups is 1. The van der Waals surface area contributed by atoms with Crippen molar-refractivity contribution < 1.29 is 14.3 Å². The van der Waals surface area contributed by atoms with Gasteiger partial charge in [0.1, 0.15) is 5.75 Å². The van der Waals surface area contributed by atoms with E-state index in [1.165, 1.54) is 5.56 Å². The summed E-state index contributed by atoms with van der Waals surface area (Å²) in [6, 6.07) is 12.1. The summed E-state index contributed by atoms with van der Waals surface area (Å²) in [5.74, 6) is 0.662. The van der Waals surface area contributed by atoms with Crippen LogP contribution in [0.1, 0.15) is 27.8 Å². The number of hydrogen-bond donors (Lipinski definition) is 1. The van der Waals surface area contributed by atoms with Crippen LogP contribution in [0, 0.1) is 20.8 Å². The lowest BCUT2D eigenvalue weighted by Crippen LogP contribution is -2.28. The second kappa shape index (κ2) is 8.50. The van der Waals surface area contributed by atoms with E-state index in [0.717, 1.165) is 28.0 Å². The Hall–Kier alpha value is -2.33. The zero-order chi connectivity index (χ0) is 17.5. The molecule has 0 spiro atoms. The molecule has 0 bridgehead atoms. The molecule has 2 aromatic carbocycles. The quantitative estimate of drug-likeness (QED) is 0.847. The largest absolute Gasteiger partial charge is 0.483 e. The lowest BCUT2D eigenvalue weighted by atomic mass is 10.1. The SMILES string of the molecule is COCc1ccc(CNC(=O)COc2c(C)cc(C)cc2C)cc1. The van der Waals surface area contributed by atoms with Gasteiger partial charge in [0.25, 0.3) is 5.91 Å². The summed E-state index contributed by atoms with van der Waals surface area (Å²) in [7, 11) is 1.67. The fourth-order valence-electron chi connectivity index (χ4n) is 2.70. The number of nitrogens with one attached hydrogen (secondary N) is 1. The van der Waals surface area contributed by atoms with E-state index >= 15 is 0 Å². The summed E-state index contributed by atoms with van der Waals surface area (Å²) in [6.07, 6.45) is 0. The first-order valence-electron chi connectivity index (χ1n) is 8.03. The van der Waals surface area contributed by atoms with Crippen LogP contribution in [0.5, 0.6) is 5.75 Å². The normalized spacial score (nSPS) is 10.5. The van der Waals surface area contributed by atoms with Crippen molar-refractivity contribution in [2.45, 2.75) is 33.9 Å². The molecule has 0 heterocycles. The van der Waals surface area contributed by atoms with Gasteiger partial charge in [-0.3, -0.25) is 4.79 Å². The molecule has 0 saturated heterocycles. The fourth-order valence-corrected chi connectivity index (χ4v) is 2.70. The van der Waals surface area contributed by atoms with Gasteiger partial charge in [-0.15, -0.1) is 0 Å². The third kappa shape index (κ3) is 5.10. The third-order valence-corrected chi connectivity index (χ3v) is 3.78. The Morgan fingerprint density at radius 1 is 1.00 bits per heavy atom. The van der Waals surface area contributed by atoms with Gasteiger partial charge < -0.3 is 14.8 Å². The van der Waals surface area contributed by atoms with Gasteiger partial charge in [0.15, 0.2) is 6.61 Å². The van der Waals surface area contributed by atoms with Crippen molar-refractivity contribution >= 4 is 5.91 Å². The Labute approximate surface area is 143 Å². The van der Waals surface area contributed by atoms with Crippen LogP contribution in [0.3, 0.4) is 0 Å². The highest BCUT2D eigenvalue weighted by atomic mass is 16.5. The Bertz CT molecular complexity index is 670. The summed E-state index contributed by atoms with van der Waals surface area (Å²) < 4.78 is 10.8. The van der Waals surface area contributed by atoms with Crippen molar-refractivity contribution in [2.75, 3.05) is 13.7 Å². The van der Waals surface area contributed by atoms with Gasteiger partial charge in [0.05, 0.1) is 6.61 Å². The molecule has 128 valence electrons. The minimum atomic E-state index is -0.129. The molecule has 2 rings (SSSR count). The first-order chi connectivity index (χ1) is 11.5. The molecule has 0 saturated carbocycles. The minimum Gasteiger partial charge on any atom is -0.483 e. The van der Waals surface area contributed by atoms with Crippen LogP contribution in [0.4, 0.5) is 0 Å². The molecule has 24 heavy (non-hydrogen) atoms. The number of carbonyl (C=O) groups excluding carboxylic acids is 1. The van der Waals surface area contributed by atoms with Crippen LogP contribution in [0.15, 0.2) is 36.4 Å². The molecule has 0 unspecified atom stereocenters. The predicted octanol–water partition coefficient (Wildman–Crippen LogP) is 3.45. The molecular weight excluding hydrogens is 302 g/mol. The van der Waals surface area contributed by atoms with Crippen LogP contribution in [-0.4, -0.2) is 19.6 Å². The molecule has 4 nitrogen and oxygen atoms in total. The standard InChI is InChI=1S/C20H25NO3/c1-14-9-15(2)20(16(3)10-14)24-13-19(22)21-11-17-5-7-18(8-6-17)12-23-4/h5-10H,11-13H2,1-4H3,(H,21,22). The maximum absolute atomic E-state index is 12.0. The second-order valence-electron chi connectivity index (χ2n) is 6.04. The number of rotatable bonds is 7. The van der Waals surface area contributed by atoms with E-state index in [1.54, 1.807) is 7.11 Å². The van der Waals surface area contributed by atoms with Crippen molar-refractivity contribution in [2.24, 2.45) is 0 Å². The van der Waals surface area contributed by atoms with Crippen LogP contribution < -0.4 is 10.1 Å². The summed E-state index contributed by atoms with van der Waals surface area (Å²) in [4.78, 5) is 12.0. The highest BCUT2D eigenvalue weighted by molar-refractivity contribution is 5.77. The maximum Gasteiger partial charge on any atom is 0.258 e. The number of benzene rings is 2. The molecular formula is C20H25NO3. The minimum absolute atomic E-state index is 0.0203. The van der Waals surface area contributed by atoms with Gasteiger partial charge in [-0.05, 0) is 43.0 Å². The van der Waals surface area contributed by atoms with Gasteiger partial charge in [-0.1, -0.05) is 42.0 Å². The summed E-state index contributed by atoms with van der Waals surface area (Å²) >= 11 is 0. The molecule has 4 heteroatoms. The van der Waals surface area contributed by atoms with E-state index < -0.39 is 0 Å². The van der Waals surface area contributed by atoms with E-state index in [4.69, 9.17) is 9.47 Å². The molecule has 0 fully saturated rings. The highest BCUT2D eigenvalue weighted by Crippen LogP contribution is 2.24. The van der Waals surface area contributed by atoms with Crippen molar-refractivity contribution in [3.05, 3.63) is 64.2 Å². The fraction of sp³-hybridized carbons (Fsp3) is 0.350. The first kappa shape index (κ1) is 18.0. The number of aryl methyl sites for hydroxylation is 3. The smallest absolute Gasteiger partial charge is 0.258 e. The van der Waals surface area contributed by atoms with E-state index in [2.05, 4.69) is 17.4 Å².